The van der Waals surface area contributed by atoms with Gasteiger partial charge in [-0.3, -0.25) is 9.78 Å². The molecule has 2 aromatic carbocycles. The Morgan fingerprint density at radius 3 is 2.54 bits per heavy atom. The average molecular weight is 346 g/mol. The maximum absolute atomic E-state index is 13.1. The zero-order chi connectivity index (χ0) is 18.4. The third kappa shape index (κ3) is 4.28. The topological polar surface area (TPSA) is 51.2 Å². The van der Waals surface area contributed by atoms with Crippen LogP contribution in [0.15, 0.2) is 72.9 Å². The van der Waals surface area contributed by atoms with E-state index in [4.69, 9.17) is 4.74 Å². The molecule has 0 aliphatic carbocycles. The van der Waals surface area contributed by atoms with Crippen molar-refractivity contribution in [3.63, 3.8) is 0 Å². The summed E-state index contributed by atoms with van der Waals surface area (Å²) in [7, 11) is 1.60. The fourth-order valence-corrected chi connectivity index (χ4v) is 2.91. The first-order chi connectivity index (χ1) is 12.7. The van der Waals surface area contributed by atoms with Crippen LogP contribution >= 0.6 is 0 Å². The van der Waals surface area contributed by atoms with Crippen molar-refractivity contribution in [3.05, 3.63) is 89.7 Å². The SMILES string of the molecule is COc1ccc(C)cc1NC(=O)C(Cc1ccccn1)c1ccccc1. The quantitative estimate of drug-likeness (QED) is 0.721. The second-order valence-electron chi connectivity index (χ2n) is 6.18. The van der Waals surface area contributed by atoms with E-state index in [0.717, 1.165) is 16.8 Å². The Labute approximate surface area is 153 Å². The number of aromatic nitrogens is 1. The molecule has 0 aliphatic rings. The lowest BCUT2D eigenvalue weighted by Gasteiger charge is -2.18. The predicted octanol–water partition coefficient (Wildman–Crippen LogP) is 4.36. The molecule has 1 N–H and O–H groups in total. The summed E-state index contributed by atoms with van der Waals surface area (Å²) in [4.78, 5) is 17.5. The molecule has 0 saturated heterocycles. The van der Waals surface area contributed by atoms with Crippen LogP contribution in [0.3, 0.4) is 0 Å². The van der Waals surface area contributed by atoms with Gasteiger partial charge in [0.2, 0.25) is 5.91 Å². The lowest BCUT2D eigenvalue weighted by atomic mass is 9.93. The van der Waals surface area contributed by atoms with E-state index in [2.05, 4.69) is 10.3 Å². The van der Waals surface area contributed by atoms with Gasteiger partial charge in [-0.2, -0.15) is 0 Å². The highest BCUT2D eigenvalue weighted by molar-refractivity contribution is 5.97. The van der Waals surface area contributed by atoms with Gasteiger partial charge in [0.15, 0.2) is 0 Å². The molecular formula is C22H22N2O2. The molecule has 1 amide bonds. The van der Waals surface area contributed by atoms with Crippen molar-refractivity contribution >= 4 is 11.6 Å². The van der Waals surface area contributed by atoms with Gasteiger partial charge >= 0.3 is 0 Å². The summed E-state index contributed by atoms with van der Waals surface area (Å²) in [6.45, 7) is 1.98. The maximum Gasteiger partial charge on any atom is 0.232 e. The average Bonchev–Trinajstić information content (AvgIpc) is 2.68. The van der Waals surface area contributed by atoms with Gasteiger partial charge in [0, 0.05) is 18.3 Å². The Morgan fingerprint density at radius 2 is 1.85 bits per heavy atom. The molecular weight excluding hydrogens is 324 g/mol. The highest BCUT2D eigenvalue weighted by Crippen LogP contribution is 2.28. The lowest BCUT2D eigenvalue weighted by Crippen LogP contribution is -2.23. The van der Waals surface area contributed by atoms with Crippen LogP contribution in [0.25, 0.3) is 0 Å². The van der Waals surface area contributed by atoms with Crippen molar-refractivity contribution in [2.75, 3.05) is 12.4 Å². The van der Waals surface area contributed by atoms with Gasteiger partial charge in [0.1, 0.15) is 5.75 Å². The fraction of sp³-hybridized carbons (Fsp3) is 0.182. The number of amides is 1. The second kappa shape index (κ2) is 8.30. The van der Waals surface area contributed by atoms with E-state index < -0.39 is 0 Å². The van der Waals surface area contributed by atoms with E-state index in [1.165, 1.54) is 0 Å². The molecule has 26 heavy (non-hydrogen) atoms. The second-order valence-corrected chi connectivity index (χ2v) is 6.18. The Morgan fingerprint density at radius 1 is 1.08 bits per heavy atom. The third-order valence-corrected chi connectivity index (χ3v) is 4.27. The number of rotatable bonds is 6. The smallest absolute Gasteiger partial charge is 0.232 e. The van der Waals surface area contributed by atoms with Crippen molar-refractivity contribution in [2.45, 2.75) is 19.3 Å². The van der Waals surface area contributed by atoms with Crippen LogP contribution in [-0.4, -0.2) is 18.0 Å². The highest BCUT2D eigenvalue weighted by atomic mass is 16.5. The van der Waals surface area contributed by atoms with Crippen LogP contribution in [0.4, 0.5) is 5.69 Å². The van der Waals surface area contributed by atoms with Gasteiger partial charge in [-0.1, -0.05) is 42.5 Å². The van der Waals surface area contributed by atoms with Crippen LogP contribution in [0.1, 0.15) is 22.7 Å². The Balaban J connectivity index is 1.89. The number of carbonyl (C=O) groups excluding carboxylic acids is 1. The molecule has 0 aliphatic heterocycles. The number of hydrogen-bond acceptors (Lipinski definition) is 3. The normalized spacial score (nSPS) is 11.6. The molecule has 1 unspecified atom stereocenters. The molecule has 1 aromatic heterocycles. The van der Waals surface area contributed by atoms with Crippen LogP contribution in [0.2, 0.25) is 0 Å². The van der Waals surface area contributed by atoms with Crippen LogP contribution < -0.4 is 10.1 Å². The number of ether oxygens (including phenoxy) is 1. The minimum absolute atomic E-state index is 0.0780. The van der Waals surface area contributed by atoms with Crippen molar-refractivity contribution in [1.29, 1.82) is 0 Å². The van der Waals surface area contributed by atoms with Gasteiger partial charge in [0.05, 0.1) is 18.7 Å². The molecule has 4 heteroatoms. The fourth-order valence-electron chi connectivity index (χ4n) is 2.91. The molecule has 1 heterocycles. The Kier molecular flexibility index (Phi) is 5.64. The molecule has 4 nitrogen and oxygen atoms in total. The Hall–Kier alpha value is -3.14. The number of anilines is 1. The minimum Gasteiger partial charge on any atom is -0.495 e. The first-order valence-electron chi connectivity index (χ1n) is 8.57. The molecule has 0 spiro atoms. The maximum atomic E-state index is 13.1. The van der Waals surface area contributed by atoms with Crippen LogP contribution in [0, 0.1) is 6.92 Å². The summed E-state index contributed by atoms with van der Waals surface area (Å²) in [5.74, 6) is 0.232. The van der Waals surface area contributed by atoms with Gasteiger partial charge < -0.3 is 10.1 Å². The molecule has 3 aromatic rings. The van der Waals surface area contributed by atoms with Gasteiger partial charge in [0.25, 0.3) is 0 Å². The predicted molar refractivity (Wildman–Crippen MR) is 103 cm³/mol. The summed E-state index contributed by atoms with van der Waals surface area (Å²) in [6.07, 6.45) is 2.28. The summed E-state index contributed by atoms with van der Waals surface area (Å²) >= 11 is 0. The first kappa shape index (κ1) is 17.7. The Bertz CT molecular complexity index is 864. The molecule has 132 valence electrons. The van der Waals surface area contributed by atoms with E-state index >= 15 is 0 Å². The molecule has 0 saturated carbocycles. The number of nitrogens with one attached hydrogen (secondary N) is 1. The van der Waals surface area contributed by atoms with E-state index in [1.54, 1.807) is 13.3 Å². The number of methoxy groups -OCH3 is 1. The molecule has 0 radical (unpaired) electrons. The largest absolute Gasteiger partial charge is 0.495 e. The molecule has 0 bridgehead atoms. The summed E-state index contributed by atoms with van der Waals surface area (Å²) < 4.78 is 5.38. The van der Waals surface area contributed by atoms with Crippen LogP contribution in [-0.2, 0) is 11.2 Å². The summed E-state index contributed by atoms with van der Waals surface area (Å²) in [6, 6.07) is 21.3. The van der Waals surface area contributed by atoms with Crippen molar-refractivity contribution < 1.29 is 9.53 Å². The van der Waals surface area contributed by atoms with E-state index in [-0.39, 0.29) is 11.8 Å². The third-order valence-electron chi connectivity index (χ3n) is 4.27. The van der Waals surface area contributed by atoms with Crippen molar-refractivity contribution in [3.8, 4) is 5.75 Å². The number of aryl methyl sites for hydroxylation is 1. The molecule has 1 atom stereocenters. The monoisotopic (exact) mass is 346 g/mol. The summed E-state index contributed by atoms with van der Waals surface area (Å²) in [5, 5.41) is 3.03. The number of nitrogens with zero attached hydrogens (tertiary/aromatic N) is 1. The number of carbonyl (C=O) groups is 1. The van der Waals surface area contributed by atoms with Gasteiger partial charge in [-0.15, -0.1) is 0 Å². The zero-order valence-electron chi connectivity index (χ0n) is 15.0. The molecule has 0 fully saturated rings. The first-order valence-corrected chi connectivity index (χ1v) is 8.57. The number of hydrogen-bond donors (Lipinski definition) is 1. The number of pyridine rings is 1. The number of benzene rings is 2. The highest BCUT2D eigenvalue weighted by Gasteiger charge is 2.22. The minimum atomic E-state index is -0.337. The van der Waals surface area contributed by atoms with Crippen LogP contribution in [0.5, 0.6) is 5.75 Å². The molecule has 3 rings (SSSR count). The van der Waals surface area contributed by atoms with E-state index in [9.17, 15) is 4.79 Å². The lowest BCUT2D eigenvalue weighted by molar-refractivity contribution is -0.117. The van der Waals surface area contributed by atoms with Crippen molar-refractivity contribution in [1.82, 2.24) is 4.98 Å². The van der Waals surface area contributed by atoms with Gasteiger partial charge in [-0.25, -0.2) is 0 Å². The summed E-state index contributed by atoms with van der Waals surface area (Å²) in [5.41, 5.74) is 3.58. The van der Waals surface area contributed by atoms with E-state index in [1.807, 2.05) is 73.7 Å². The zero-order valence-corrected chi connectivity index (χ0v) is 15.0. The van der Waals surface area contributed by atoms with E-state index in [0.29, 0.717) is 17.9 Å². The van der Waals surface area contributed by atoms with Gasteiger partial charge in [-0.05, 0) is 42.3 Å². The van der Waals surface area contributed by atoms with Crippen molar-refractivity contribution in [2.24, 2.45) is 0 Å². The standard InChI is InChI=1S/C22H22N2O2/c1-16-11-12-21(26-2)20(14-16)24-22(25)19(17-8-4-3-5-9-17)15-18-10-6-7-13-23-18/h3-14,19H,15H2,1-2H3,(H,24,25).